The molecule has 0 saturated carbocycles. The number of Topliss-reactive ketones (excluding diaryl/α,β-unsaturated/α-hetero) is 1. The van der Waals surface area contributed by atoms with Crippen molar-refractivity contribution in [3.63, 3.8) is 0 Å². The largest absolute Gasteiger partial charge is 0.451 e. The summed E-state index contributed by atoms with van der Waals surface area (Å²) in [5.41, 5.74) is 2.82. The van der Waals surface area contributed by atoms with E-state index in [9.17, 15) is 9.59 Å². The Morgan fingerprint density at radius 3 is 2.30 bits per heavy atom. The van der Waals surface area contributed by atoms with Gasteiger partial charge in [-0.1, -0.05) is 66.7 Å². The van der Waals surface area contributed by atoms with Crippen molar-refractivity contribution < 1.29 is 14.0 Å². The highest BCUT2D eigenvalue weighted by molar-refractivity contribution is 5.94. The fourth-order valence-corrected chi connectivity index (χ4v) is 4.41. The SMILES string of the molecule is CC(=O)c1ccc(-c2ccc(C(=O)N3CCN(Cc4cccc5ccccc45)CC3)o2)cc1. The molecule has 1 amide bonds. The second-order valence-corrected chi connectivity index (χ2v) is 8.50. The van der Waals surface area contributed by atoms with E-state index in [-0.39, 0.29) is 11.7 Å². The van der Waals surface area contributed by atoms with Crippen molar-refractivity contribution in [1.82, 2.24) is 9.80 Å². The molecule has 1 aromatic heterocycles. The molecule has 0 aliphatic carbocycles. The summed E-state index contributed by atoms with van der Waals surface area (Å²) in [5.74, 6) is 0.925. The van der Waals surface area contributed by atoms with Crippen LogP contribution in [0.25, 0.3) is 22.1 Å². The molecule has 3 aromatic carbocycles. The molecule has 1 aliphatic rings. The zero-order chi connectivity index (χ0) is 22.8. The van der Waals surface area contributed by atoms with E-state index < -0.39 is 0 Å². The average molecular weight is 439 g/mol. The summed E-state index contributed by atoms with van der Waals surface area (Å²) in [6.45, 7) is 5.43. The Balaban J connectivity index is 1.21. The summed E-state index contributed by atoms with van der Waals surface area (Å²) in [6, 6.07) is 25.7. The third-order valence-corrected chi connectivity index (χ3v) is 6.33. The molecule has 1 aliphatic heterocycles. The quantitative estimate of drug-likeness (QED) is 0.399. The number of furan rings is 1. The van der Waals surface area contributed by atoms with Crippen LogP contribution in [-0.2, 0) is 6.54 Å². The molecule has 2 heterocycles. The number of nitrogens with zero attached hydrogens (tertiary/aromatic N) is 2. The number of piperazine rings is 1. The molecule has 5 nitrogen and oxygen atoms in total. The van der Waals surface area contributed by atoms with E-state index in [1.54, 1.807) is 25.1 Å². The van der Waals surface area contributed by atoms with Crippen molar-refractivity contribution in [3.05, 3.63) is 95.7 Å². The molecule has 4 aromatic rings. The highest BCUT2D eigenvalue weighted by Gasteiger charge is 2.24. The molecule has 1 fully saturated rings. The number of hydrogen-bond acceptors (Lipinski definition) is 4. The molecule has 0 spiro atoms. The number of rotatable bonds is 5. The van der Waals surface area contributed by atoms with Crippen molar-refractivity contribution in [2.45, 2.75) is 13.5 Å². The van der Waals surface area contributed by atoms with Crippen molar-refractivity contribution in [2.75, 3.05) is 26.2 Å². The standard InChI is InChI=1S/C28H26N2O3/c1-20(31)21-9-11-23(12-10-21)26-13-14-27(33-26)28(32)30-17-15-29(16-18-30)19-24-7-4-6-22-5-2-3-8-25(22)24/h2-14H,15-19H2,1H3. The van der Waals surface area contributed by atoms with Gasteiger partial charge in [0.2, 0.25) is 0 Å². The highest BCUT2D eigenvalue weighted by atomic mass is 16.4. The minimum atomic E-state index is -0.0774. The van der Waals surface area contributed by atoms with Crippen LogP contribution in [0.2, 0.25) is 0 Å². The second kappa shape index (κ2) is 9.04. The summed E-state index contributed by atoms with van der Waals surface area (Å²) in [4.78, 5) is 28.7. The van der Waals surface area contributed by atoms with Gasteiger partial charge in [-0.05, 0) is 35.4 Å². The maximum Gasteiger partial charge on any atom is 0.289 e. The summed E-state index contributed by atoms with van der Waals surface area (Å²) < 4.78 is 5.87. The Bertz CT molecular complexity index is 1290. The molecule has 0 N–H and O–H groups in total. The van der Waals surface area contributed by atoms with E-state index in [1.807, 2.05) is 23.1 Å². The van der Waals surface area contributed by atoms with Crippen LogP contribution < -0.4 is 0 Å². The number of amides is 1. The molecule has 5 rings (SSSR count). The van der Waals surface area contributed by atoms with Crippen LogP contribution in [0.5, 0.6) is 0 Å². The number of fused-ring (bicyclic) bond motifs is 1. The van der Waals surface area contributed by atoms with Gasteiger partial charge in [0.1, 0.15) is 5.76 Å². The van der Waals surface area contributed by atoms with Gasteiger partial charge in [-0.15, -0.1) is 0 Å². The third-order valence-electron chi connectivity index (χ3n) is 6.33. The Hall–Kier alpha value is -3.70. The maximum atomic E-state index is 13.0. The fraction of sp³-hybridized carbons (Fsp3) is 0.214. The van der Waals surface area contributed by atoms with Gasteiger partial charge >= 0.3 is 0 Å². The molecule has 0 bridgehead atoms. The minimum absolute atomic E-state index is 0.0245. The smallest absolute Gasteiger partial charge is 0.289 e. The Morgan fingerprint density at radius 1 is 0.818 bits per heavy atom. The number of benzene rings is 3. The molecule has 0 atom stereocenters. The van der Waals surface area contributed by atoms with Gasteiger partial charge in [0.05, 0.1) is 0 Å². The first-order valence-corrected chi connectivity index (χ1v) is 11.3. The molecule has 33 heavy (non-hydrogen) atoms. The first kappa shape index (κ1) is 21.2. The van der Waals surface area contributed by atoms with E-state index in [0.29, 0.717) is 30.2 Å². The van der Waals surface area contributed by atoms with Crippen LogP contribution in [0, 0.1) is 0 Å². The van der Waals surface area contributed by atoms with Gasteiger partial charge in [-0.25, -0.2) is 0 Å². The molecule has 0 unspecified atom stereocenters. The van der Waals surface area contributed by atoms with Gasteiger partial charge in [0.25, 0.3) is 5.91 Å². The Labute approximate surface area is 193 Å². The predicted molar refractivity (Wildman–Crippen MR) is 129 cm³/mol. The maximum absolute atomic E-state index is 13.0. The van der Waals surface area contributed by atoms with Crippen LogP contribution >= 0.6 is 0 Å². The van der Waals surface area contributed by atoms with Gasteiger partial charge in [-0.2, -0.15) is 0 Å². The lowest BCUT2D eigenvalue weighted by atomic mass is 10.0. The van der Waals surface area contributed by atoms with Gasteiger partial charge in [-0.3, -0.25) is 14.5 Å². The number of ketones is 1. The van der Waals surface area contributed by atoms with E-state index in [2.05, 4.69) is 47.4 Å². The number of carbonyl (C=O) groups excluding carboxylic acids is 2. The van der Waals surface area contributed by atoms with Crippen molar-refractivity contribution in [1.29, 1.82) is 0 Å². The fourth-order valence-electron chi connectivity index (χ4n) is 4.41. The molecular formula is C28H26N2O3. The first-order chi connectivity index (χ1) is 16.1. The van der Waals surface area contributed by atoms with Crippen molar-refractivity contribution >= 4 is 22.5 Å². The van der Waals surface area contributed by atoms with E-state index >= 15 is 0 Å². The number of hydrogen-bond donors (Lipinski definition) is 0. The second-order valence-electron chi connectivity index (χ2n) is 8.50. The topological polar surface area (TPSA) is 53.8 Å². The van der Waals surface area contributed by atoms with Crippen molar-refractivity contribution in [3.8, 4) is 11.3 Å². The molecule has 1 saturated heterocycles. The molecule has 0 radical (unpaired) electrons. The lowest BCUT2D eigenvalue weighted by Gasteiger charge is -2.34. The van der Waals surface area contributed by atoms with E-state index in [0.717, 1.165) is 25.2 Å². The van der Waals surface area contributed by atoms with Crippen LogP contribution in [0.15, 0.2) is 83.3 Å². The van der Waals surface area contributed by atoms with E-state index in [1.165, 1.54) is 16.3 Å². The third kappa shape index (κ3) is 4.45. The first-order valence-electron chi connectivity index (χ1n) is 11.3. The van der Waals surface area contributed by atoms with Gasteiger partial charge < -0.3 is 9.32 Å². The van der Waals surface area contributed by atoms with Crippen molar-refractivity contribution in [2.24, 2.45) is 0 Å². The van der Waals surface area contributed by atoms with E-state index in [4.69, 9.17) is 4.42 Å². The molecule has 166 valence electrons. The molecule has 5 heteroatoms. The monoisotopic (exact) mass is 438 g/mol. The Morgan fingerprint density at radius 2 is 1.55 bits per heavy atom. The summed E-state index contributed by atoms with van der Waals surface area (Å²) in [6.07, 6.45) is 0. The summed E-state index contributed by atoms with van der Waals surface area (Å²) in [7, 11) is 0. The normalized spacial score (nSPS) is 14.5. The number of carbonyl (C=O) groups is 2. The van der Waals surface area contributed by atoms with Gasteiger partial charge in [0.15, 0.2) is 11.5 Å². The van der Waals surface area contributed by atoms with Crippen LogP contribution in [0.3, 0.4) is 0 Å². The molecular weight excluding hydrogens is 412 g/mol. The highest BCUT2D eigenvalue weighted by Crippen LogP contribution is 2.25. The zero-order valence-electron chi connectivity index (χ0n) is 18.7. The minimum Gasteiger partial charge on any atom is -0.451 e. The van der Waals surface area contributed by atoms with Gasteiger partial charge in [0, 0.05) is 43.9 Å². The lowest BCUT2D eigenvalue weighted by molar-refractivity contribution is 0.0599. The van der Waals surface area contributed by atoms with Crippen LogP contribution in [-0.4, -0.2) is 47.7 Å². The Kier molecular flexibility index (Phi) is 5.80. The summed E-state index contributed by atoms with van der Waals surface area (Å²) in [5, 5.41) is 2.55. The van der Waals surface area contributed by atoms with Crippen LogP contribution in [0.1, 0.15) is 33.4 Å². The predicted octanol–water partition coefficient (Wildman–Crippen LogP) is 5.26. The summed E-state index contributed by atoms with van der Waals surface area (Å²) >= 11 is 0. The zero-order valence-corrected chi connectivity index (χ0v) is 18.7. The lowest BCUT2D eigenvalue weighted by Crippen LogP contribution is -2.48. The average Bonchev–Trinajstić information content (AvgIpc) is 3.35. The van der Waals surface area contributed by atoms with Crippen LogP contribution in [0.4, 0.5) is 0 Å².